The van der Waals surface area contributed by atoms with Crippen LogP contribution < -0.4 is 0 Å². The number of nitriles is 1. The zero-order valence-corrected chi connectivity index (χ0v) is 10.1. The Hall–Kier alpha value is -2.29. The van der Waals surface area contributed by atoms with Crippen LogP contribution in [0.1, 0.15) is 18.4 Å². The summed E-state index contributed by atoms with van der Waals surface area (Å²) in [4.78, 5) is 12.1. The van der Waals surface area contributed by atoms with Gasteiger partial charge in [-0.05, 0) is 31.0 Å². The molecule has 1 aliphatic heterocycles. The fraction of sp³-hybridized carbons (Fsp3) is 0.385. The van der Waals surface area contributed by atoms with Gasteiger partial charge < -0.3 is 15.1 Å². The van der Waals surface area contributed by atoms with E-state index in [1.807, 2.05) is 0 Å². The second-order valence-electron chi connectivity index (χ2n) is 4.63. The first kappa shape index (κ1) is 13.1. The van der Waals surface area contributed by atoms with Gasteiger partial charge in [0.1, 0.15) is 11.6 Å². The van der Waals surface area contributed by atoms with E-state index >= 15 is 0 Å². The van der Waals surface area contributed by atoms with Crippen LogP contribution in [0.5, 0.6) is 5.75 Å². The van der Waals surface area contributed by atoms with E-state index in [4.69, 9.17) is 5.11 Å². The minimum atomic E-state index is -1.03. The number of carboxylic acid groups (broad SMARTS) is 1. The van der Waals surface area contributed by atoms with Crippen LogP contribution in [-0.4, -0.2) is 34.3 Å². The van der Waals surface area contributed by atoms with Crippen LogP contribution in [0.4, 0.5) is 9.18 Å². The number of likely N-dealkylation sites (tertiary alicyclic amines) is 1. The average Bonchev–Trinajstić information content (AvgIpc) is 2.41. The monoisotopic (exact) mass is 264 g/mol. The van der Waals surface area contributed by atoms with Crippen molar-refractivity contribution in [3.63, 3.8) is 0 Å². The molecule has 5 nitrogen and oxygen atoms in total. The molecule has 0 saturated carbocycles. The fourth-order valence-corrected chi connectivity index (χ4v) is 2.41. The van der Waals surface area contributed by atoms with Gasteiger partial charge in [0.25, 0.3) is 0 Å². The van der Waals surface area contributed by atoms with Gasteiger partial charge in [-0.15, -0.1) is 0 Å². The van der Waals surface area contributed by atoms with Crippen molar-refractivity contribution in [1.82, 2.24) is 4.90 Å². The summed E-state index contributed by atoms with van der Waals surface area (Å²) < 4.78 is 13.3. The van der Waals surface area contributed by atoms with E-state index in [0.717, 1.165) is 12.1 Å². The maximum absolute atomic E-state index is 13.3. The number of phenolic OH excluding ortho intramolecular Hbond substituents is 1. The first-order valence-electron chi connectivity index (χ1n) is 5.87. The van der Waals surface area contributed by atoms with Gasteiger partial charge in [-0.2, -0.15) is 5.26 Å². The lowest BCUT2D eigenvalue weighted by molar-refractivity contribution is 0.124. The van der Waals surface area contributed by atoms with Crippen LogP contribution in [-0.2, 0) is 5.41 Å². The number of piperidine rings is 1. The summed E-state index contributed by atoms with van der Waals surface area (Å²) in [6, 6.07) is 5.60. The summed E-state index contributed by atoms with van der Waals surface area (Å²) in [5.74, 6) is -0.658. The molecule has 1 aromatic rings. The van der Waals surface area contributed by atoms with E-state index in [1.165, 1.54) is 11.0 Å². The molecule has 1 saturated heterocycles. The molecular formula is C13H13FN2O3. The van der Waals surface area contributed by atoms with Gasteiger partial charge in [-0.25, -0.2) is 9.18 Å². The van der Waals surface area contributed by atoms with E-state index in [0.29, 0.717) is 0 Å². The number of benzene rings is 1. The number of aromatic hydroxyl groups is 1. The topological polar surface area (TPSA) is 84.6 Å². The highest BCUT2D eigenvalue weighted by Gasteiger charge is 2.39. The Bertz CT molecular complexity index is 545. The number of halogens is 1. The highest BCUT2D eigenvalue weighted by molar-refractivity contribution is 5.65. The smallest absolute Gasteiger partial charge is 0.407 e. The quantitative estimate of drug-likeness (QED) is 0.813. The summed E-state index contributed by atoms with van der Waals surface area (Å²) >= 11 is 0. The molecule has 0 aromatic heterocycles. The Morgan fingerprint density at radius 1 is 1.42 bits per heavy atom. The maximum Gasteiger partial charge on any atom is 0.407 e. The lowest BCUT2D eigenvalue weighted by Crippen LogP contribution is -2.44. The zero-order valence-electron chi connectivity index (χ0n) is 10.1. The largest absolute Gasteiger partial charge is 0.508 e. The third-order valence-electron chi connectivity index (χ3n) is 3.58. The molecule has 0 bridgehead atoms. The number of amides is 1. The minimum Gasteiger partial charge on any atom is -0.508 e. The van der Waals surface area contributed by atoms with Crippen LogP contribution in [0.2, 0.25) is 0 Å². The van der Waals surface area contributed by atoms with Crippen molar-refractivity contribution in [3.8, 4) is 11.8 Å². The maximum atomic E-state index is 13.3. The molecule has 2 N–H and O–H groups in total. The Balaban J connectivity index is 2.33. The predicted octanol–water partition coefficient (Wildman–Crippen LogP) is 2.07. The van der Waals surface area contributed by atoms with Crippen molar-refractivity contribution >= 4 is 6.09 Å². The molecule has 100 valence electrons. The number of phenols is 1. The predicted molar refractivity (Wildman–Crippen MR) is 64.2 cm³/mol. The molecule has 2 rings (SSSR count). The van der Waals surface area contributed by atoms with Gasteiger partial charge in [-0.1, -0.05) is 0 Å². The molecular weight excluding hydrogens is 251 g/mol. The summed E-state index contributed by atoms with van der Waals surface area (Å²) in [7, 11) is 0. The molecule has 0 spiro atoms. The third kappa shape index (κ3) is 2.32. The van der Waals surface area contributed by atoms with Gasteiger partial charge in [0, 0.05) is 18.7 Å². The molecule has 19 heavy (non-hydrogen) atoms. The van der Waals surface area contributed by atoms with E-state index in [9.17, 15) is 19.6 Å². The molecule has 1 heterocycles. The Kier molecular flexibility index (Phi) is 3.30. The van der Waals surface area contributed by atoms with E-state index in [-0.39, 0.29) is 37.2 Å². The highest BCUT2D eigenvalue weighted by Crippen LogP contribution is 2.39. The van der Waals surface area contributed by atoms with Crippen LogP contribution in [0.25, 0.3) is 0 Å². The van der Waals surface area contributed by atoms with Gasteiger partial charge in [0.15, 0.2) is 0 Å². The SMILES string of the molecule is N#CC1(c2cc(F)ccc2O)CCN(C(=O)O)CC1. The second-order valence-corrected chi connectivity index (χ2v) is 4.63. The molecule has 1 aliphatic rings. The molecule has 1 aromatic carbocycles. The molecule has 1 amide bonds. The Labute approximate surface area is 109 Å². The van der Waals surface area contributed by atoms with Crippen molar-refractivity contribution in [2.75, 3.05) is 13.1 Å². The molecule has 0 unspecified atom stereocenters. The van der Waals surface area contributed by atoms with Crippen molar-refractivity contribution in [1.29, 1.82) is 5.26 Å². The first-order valence-corrected chi connectivity index (χ1v) is 5.87. The Morgan fingerprint density at radius 2 is 2.05 bits per heavy atom. The normalized spacial score (nSPS) is 17.8. The van der Waals surface area contributed by atoms with Gasteiger partial charge in [-0.3, -0.25) is 0 Å². The van der Waals surface area contributed by atoms with Crippen molar-refractivity contribution in [2.24, 2.45) is 0 Å². The highest BCUT2D eigenvalue weighted by atomic mass is 19.1. The number of hydrogen-bond donors (Lipinski definition) is 2. The molecule has 0 radical (unpaired) electrons. The summed E-state index contributed by atoms with van der Waals surface area (Å²) in [5.41, 5.74) is -0.793. The summed E-state index contributed by atoms with van der Waals surface area (Å²) in [6.45, 7) is 0.387. The van der Waals surface area contributed by atoms with Gasteiger partial charge in [0.05, 0.1) is 11.5 Å². The number of hydrogen-bond acceptors (Lipinski definition) is 3. The van der Waals surface area contributed by atoms with E-state index in [1.54, 1.807) is 0 Å². The second kappa shape index (κ2) is 4.76. The van der Waals surface area contributed by atoms with Crippen LogP contribution in [0.15, 0.2) is 18.2 Å². The van der Waals surface area contributed by atoms with Crippen molar-refractivity contribution < 1.29 is 19.4 Å². The van der Waals surface area contributed by atoms with Crippen LogP contribution in [0, 0.1) is 17.1 Å². The van der Waals surface area contributed by atoms with Crippen LogP contribution in [0.3, 0.4) is 0 Å². The molecule has 0 aliphatic carbocycles. The molecule has 1 fully saturated rings. The Morgan fingerprint density at radius 3 is 2.58 bits per heavy atom. The van der Waals surface area contributed by atoms with Crippen LogP contribution >= 0.6 is 0 Å². The summed E-state index contributed by atoms with van der Waals surface area (Å²) in [5, 5.41) is 28.1. The van der Waals surface area contributed by atoms with E-state index in [2.05, 4.69) is 6.07 Å². The van der Waals surface area contributed by atoms with E-state index < -0.39 is 17.3 Å². The lowest BCUT2D eigenvalue weighted by atomic mass is 9.73. The average molecular weight is 264 g/mol. The number of rotatable bonds is 1. The fourth-order valence-electron chi connectivity index (χ4n) is 2.41. The molecule has 6 heteroatoms. The third-order valence-corrected chi connectivity index (χ3v) is 3.58. The van der Waals surface area contributed by atoms with Gasteiger partial charge >= 0.3 is 6.09 Å². The number of nitrogens with zero attached hydrogens (tertiary/aromatic N) is 2. The molecule has 0 atom stereocenters. The lowest BCUT2D eigenvalue weighted by Gasteiger charge is -2.36. The van der Waals surface area contributed by atoms with Crippen molar-refractivity contribution in [2.45, 2.75) is 18.3 Å². The first-order chi connectivity index (χ1) is 8.98. The number of carbonyl (C=O) groups is 1. The standard InChI is InChI=1S/C13H13FN2O3/c14-9-1-2-11(17)10(7-9)13(8-15)3-5-16(6-4-13)12(18)19/h1-2,7,17H,3-6H2,(H,18,19). The van der Waals surface area contributed by atoms with Crippen molar-refractivity contribution in [3.05, 3.63) is 29.6 Å². The minimum absolute atomic E-state index is 0.133. The van der Waals surface area contributed by atoms with Gasteiger partial charge in [0.2, 0.25) is 0 Å². The summed E-state index contributed by atoms with van der Waals surface area (Å²) in [6.07, 6.45) is -0.547. The zero-order chi connectivity index (χ0) is 14.0.